The van der Waals surface area contributed by atoms with Gasteiger partial charge in [0.25, 0.3) is 0 Å². The van der Waals surface area contributed by atoms with Gasteiger partial charge in [-0.25, -0.2) is 4.79 Å². The Labute approximate surface area is 128 Å². The monoisotopic (exact) mass is 304 g/mol. The third kappa shape index (κ3) is 3.23. The van der Waals surface area contributed by atoms with E-state index in [4.69, 9.17) is 13.9 Å². The summed E-state index contributed by atoms with van der Waals surface area (Å²) in [6.45, 7) is 1.89. The molecular formula is C16H18NO5+. The minimum atomic E-state index is -0.466. The van der Waals surface area contributed by atoms with Crippen LogP contribution in [0.25, 0.3) is 0 Å². The summed E-state index contributed by atoms with van der Waals surface area (Å²) in [4.78, 5) is 11.3. The van der Waals surface area contributed by atoms with Crippen LogP contribution in [0, 0.1) is 0 Å². The van der Waals surface area contributed by atoms with E-state index >= 15 is 0 Å². The SMILES string of the molecule is COC(=O)c1ccc(C[NH2+]C[C@@H]2COc3ccccc3O2)o1. The number of esters is 1. The van der Waals surface area contributed by atoms with Crippen molar-refractivity contribution < 1.29 is 28.7 Å². The van der Waals surface area contributed by atoms with Crippen LogP contribution < -0.4 is 14.8 Å². The maximum absolute atomic E-state index is 11.3. The molecule has 6 heteroatoms. The van der Waals surface area contributed by atoms with Crippen molar-refractivity contribution in [1.29, 1.82) is 0 Å². The maximum atomic E-state index is 11.3. The molecule has 3 rings (SSSR count). The van der Waals surface area contributed by atoms with Crippen LogP contribution in [0.1, 0.15) is 16.3 Å². The highest BCUT2D eigenvalue weighted by atomic mass is 16.6. The molecule has 0 radical (unpaired) electrons. The van der Waals surface area contributed by atoms with Crippen LogP contribution in [-0.2, 0) is 11.3 Å². The van der Waals surface area contributed by atoms with Crippen LogP contribution >= 0.6 is 0 Å². The smallest absolute Gasteiger partial charge is 0.373 e. The summed E-state index contributed by atoms with van der Waals surface area (Å²) in [5, 5.41) is 2.06. The van der Waals surface area contributed by atoms with E-state index in [1.165, 1.54) is 7.11 Å². The number of para-hydroxylation sites is 2. The Hall–Kier alpha value is -2.47. The normalized spacial score (nSPS) is 16.3. The van der Waals surface area contributed by atoms with E-state index < -0.39 is 5.97 Å². The Morgan fingerprint density at radius 1 is 1.27 bits per heavy atom. The van der Waals surface area contributed by atoms with Crippen molar-refractivity contribution in [2.45, 2.75) is 12.6 Å². The molecule has 1 aliphatic rings. The van der Waals surface area contributed by atoms with E-state index in [2.05, 4.69) is 10.1 Å². The number of rotatable bonds is 5. The lowest BCUT2D eigenvalue weighted by Gasteiger charge is -2.25. The van der Waals surface area contributed by atoms with Crippen molar-refractivity contribution in [2.24, 2.45) is 0 Å². The largest absolute Gasteiger partial charge is 0.486 e. The molecule has 6 nitrogen and oxygen atoms in total. The fourth-order valence-electron chi connectivity index (χ4n) is 2.29. The van der Waals surface area contributed by atoms with E-state index in [9.17, 15) is 4.79 Å². The number of hydrogen-bond donors (Lipinski definition) is 1. The summed E-state index contributed by atoms with van der Waals surface area (Å²) in [7, 11) is 1.33. The number of hydrogen-bond acceptors (Lipinski definition) is 5. The van der Waals surface area contributed by atoms with Crippen molar-refractivity contribution in [3.8, 4) is 11.5 Å². The molecule has 1 aliphatic heterocycles. The van der Waals surface area contributed by atoms with Crippen LogP contribution in [0.3, 0.4) is 0 Å². The highest BCUT2D eigenvalue weighted by Crippen LogP contribution is 2.30. The highest BCUT2D eigenvalue weighted by Gasteiger charge is 2.22. The quantitative estimate of drug-likeness (QED) is 0.833. The molecule has 0 unspecified atom stereocenters. The summed E-state index contributed by atoms with van der Waals surface area (Å²) in [6, 6.07) is 11.0. The first-order chi connectivity index (χ1) is 10.8. The van der Waals surface area contributed by atoms with Crippen LogP contribution in [0.4, 0.5) is 0 Å². The highest BCUT2D eigenvalue weighted by molar-refractivity contribution is 5.86. The molecule has 0 amide bonds. The number of furan rings is 1. The molecule has 0 fully saturated rings. The topological polar surface area (TPSA) is 74.5 Å². The van der Waals surface area contributed by atoms with Gasteiger partial charge in [0, 0.05) is 0 Å². The maximum Gasteiger partial charge on any atom is 0.373 e. The fraction of sp³-hybridized carbons (Fsp3) is 0.312. The van der Waals surface area contributed by atoms with Crippen LogP contribution in [0.5, 0.6) is 11.5 Å². The molecule has 2 heterocycles. The van der Waals surface area contributed by atoms with Crippen LogP contribution in [-0.4, -0.2) is 32.3 Å². The molecular weight excluding hydrogens is 286 g/mol. The molecule has 2 N–H and O–H groups in total. The molecule has 1 aromatic carbocycles. The molecule has 0 bridgehead atoms. The third-order valence-electron chi connectivity index (χ3n) is 3.39. The lowest BCUT2D eigenvalue weighted by molar-refractivity contribution is -0.677. The fourth-order valence-corrected chi connectivity index (χ4v) is 2.29. The molecule has 1 atom stereocenters. The molecule has 22 heavy (non-hydrogen) atoms. The Balaban J connectivity index is 1.48. The van der Waals surface area contributed by atoms with Gasteiger partial charge in [0.05, 0.1) is 7.11 Å². The molecule has 116 valence electrons. The average molecular weight is 304 g/mol. The number of fused-ring (bicyclic) bond motifs is 1. The third-order valence-corrected chi connectivity index (χ3v) is 3.39. The number of ether oxygens (including phenoxy) is 3. The first kappa shape index (κ1) is 14.5. The van der Waals surface area contributed by atoms with Gasteiger partial charge in [0.15, 0.2) is 23.4 Å². The zero-order valence-electron chi connectivity index (χ0n) is 12.3. The first-order valence-electron chi connectivity index (χ1n) is 7.13. The van der Waals surface area contributed by atoms with Gasteiger partial charge in [0.2, 0.25) is 5.76 Å². The number of carbonyl (C=O) groups is 1. The predicted octanol–water partition coefficient (Wildman–Crippen LogP) is 0.970. The zero-order valence-corrected chi connectivity index (χ0v) is 12.3. The van der Waals surface area contributed by atoms with Crippen LogP contribution in [0.15, 0.2) is 40.8 Å². The summed E-state index contributed by atoms with van der Waals surface area (Å²) < 4.78 is 21.5. The summed E-state index contributed by atoms with van der Waals surface area (Å²) >= 11 is 0. The summed E-state index contributed by atoms with van der Waals surface area (Å²) in [5.74, 6) is 2.03. The Bertz CT molecular complexity index is 651. The number of methoxy groups -OCH3 is 1. The molecule has 0 saturated carbocycles. The second kappa shape index (κ2) is 6.53. The van der Waals surface area contributed by atoms with Gasteiger partial charge in [-0.3, -0.25) is 0 Å². The minimum absolute atomic E-state index is 0.00932. The van der Waals surface area contributed by atoms with Crippen molar-refractivity contribution in [3.05, 3.63) is 47.9 Å². The van der Waals surface area contributed by atoms with E-state index in [1.807, 2.05) is 24.3 Å². The van der Waals surface area contributed by atoms with E-state index in [-0.39, 0.29) is 11.9 Å². The first-order valence-corrected chi connectivity index (χ1v) is 7.13. The Kier molecular flexibility index (Phi) is 4.29. The van der Waals surface area contributed by atoms with Gasteiger partial charge >= 0.3 is 5.97 Å². The van der Waals surface area contributed by atoms with Crippen molar-refractivity contribution in [1.82, 2.24) is 0 Å². The molecule has 0 saturated heterocycles. The van der Waals surface area contributed by atoms with E-state index in [1.54, 1.807) is 12.1 Å². The molecule has 0 spiro atoms. The average Bonchev–Trinajstić information content (AvgIpc) is 3.03. The van der Waals surface area contributed by atoms with Gasteiger partial charge in [-0.1, -0.05) is 12.1 Å². The van der Waals surface area contributed by atoms with E-state index in [0.717, 1.165) is 23.8 Å². The second-order valence-electron chi connectivity index (χ2n) is 4.98. The summed E-state index contributed by atoms with van der Waals surface area (Å²) in [6.07, 6.45) is -0.00932. The lowest BCUT2D eigenvalue weighted by Crippen LogP contribution is -2.85. The predicted molar refractivity (Wildman–Crippen MR) is 76.9 cm³/mol. The number of carbonyl (C=O) groups excluding carboxylic acids is 1. The van der Waals surface area contributed by atoms with Gasteiger partial charge in [-0.05, 0) is 24.3 Å². The molecule has 1 aromatic heterocycles. The summed E-state index contributed by atoms with van der Waals surface area (Å²) in [5.41, 5.74) is 0. The van der Waals surface area contributed by atoms with Crippen molar-refractivity contribution in [3.63, 3.8) is 0 Å². The number of quaternary nitrogens is 1. The van der Waals surface area contributed by atoms with E-state index in [0.29, 0.717) is 13.2 Å². The zero-order chi connectivity index (χ0) is 15.4. The van der Waals surface area contributed by atoms with Gasteiger partial charge in [-0.2, -0.15) is 0 Å². The Morgan fingerprint density at radius 3 is 2.91 bits per heavy atom. The molecule has 0 aliphatic carbocycles. The van der Waals surface area contributed by atoms with Crippen molar-refractivity contribution >= 4 is 5.97 Å². The van der Waals surface area contributed by atoms with Gasteiger partial charge < -0.3 is 23.9 Å². The minimum Gasteiger partial charge on any atom is -0.486 e. The van der Waals surface area contributed by atoms with Crippen molar-refractivity contribution in [2.75, 3.05) is 20.3 Å². The second-order valence-corrected chi connectivity index (χ2v) is 4.98. The number of nitrogens with two attached hydrogens (primary N) is 1. The number of benzene rings is 1. The molecule has 2 aromatic rings. The van der Waals surface area contributed by atoms with Crippen LogP contribution in [0.2, 0.25) is 0 Å². The van der Waals surface area contributed by atoms with Gasteiger partial charge in [-0.15, -0.1) is 0 Å². The standard InChI is InChI=1S/C16H17NO5/c1-19-16(18)15-7-6-11(21-15)8-17-9-12-10-20-13-4-2-3-5-14(13)22-12/h2-7,12,17H,8-10H2,1H3/p+1/t12-/m1/s1. The lowest BCUT2D eigenvalue weighted by atomic mass is 10.2. The Morgan fingerprint density at radius 2 is 2.09 bits per heavy atom. The van der Waals surface area contributed by atoms with Gasteiger partial charge in [0.1, 0.15) is 19.7 Å².